The summed E-state index contributed by atoms with van der Waals surface area (Å²) in [6.45, 7) is 7.57. The number of nitrogens with one attached hydrogen (secondary N) is 1. The Balaban J connectivity index is 2.21. The molecular weight excluding hydrogens is 286 g/mol. The molecule has 20 heavy (non-hydrogen) atoms. The highest BCUT2D eigenvalue weighted by Crippen LogP contribution is 2.30. The Hall–Kier alpha value is -0.830. The van der Waals surface area contributed by atoms with Crippen molar-refractivity contribution >= 4 is 22.9 Å². The van der Waals surface area contributed by atoms with Crippen LogP contribution in [-0.4, -0.2) is 6.54 Å². The molecule has 1 unspecified atom stereocenters. The van der Waals surface area contributed by atoms with Gasteiger partial charge in [-0.3, -0.25) is 0 Å². The third-order valence-electron chi connectivity index (χ3n) is 3.51. The van der Waals surface area contributed by atoms with Crippen molar-refractivity contribution in [3.63, 3.8) is 0 Å². The minimum Gasteiger partial charge on any atom is -0.309 e. The maximum absolute atomic E-state index is 6.09. The number of thiophene rings is 1. The molecule has 1 aromatic heterocycles. The second-order valence-corrected chi connectivity index (χ2v) is 7.03. The van der Waals surface area contributed by atoms with Crippen molar-refractivity contribution in [3.05, 3.63) is 56.2 Å². The summed E-state index contributed by atoms with van der Waals surface area (Å²) in [5.41, 5.74) is 4.11. The van der Waals surface area contributed by atoms with Gasteiger partial charge in [0.2, 0.25) is 0 Å². The molecule has 0 spiro atoms. The van der Waals surface area contributed by atoms with Gasteiger partial charge in [0.25, 0.3) is 0 Å². The van der Waals surface area contributed by atoms with Gasteiger partial charge in [-0.05, 0) is 56.5 Å². The van der Waals surface area contributed by atoms with E-state index < -0.39 is 0 Å². The molecule has 0 saturated heterocycles. The van der Waals surface area contributed by atoms with Crippen molar-refractivity contribution in [2.45, 2.75) is 39.7 Å². The van der Waals surface area contributed by atoms with Crippen LogP contribution in [0, 0.1) is 13.8 Å². The Bertz CT molecular complexity index is 562. The van der Waals surface area contributed by atoms with Crippen LogP contribution < -0.4 is 5.32 Å². The molecular formula is C17H22ClNS. The Morgan fingerprint density at radius 3 is 2.65 bits per heavy atom. The van der Waals surface area contributed by atoms with Gasteiger partial charge in [0.05, 0.1) is 4.34 Å². The zero-order valence-electron chi connectivity index (χ0n) is 12.4. The van der Waals surface area contributed by atoms with Gasteiger partial charge in [-0.2, -0.15) is 0 Å². The van der Waals surface area contributed by atoms with Crippen LogP contribution in [0.2, 0.25) is 4.34 Å². The summed E-state index contributed by atoms with van der Waals surface area (Å²) in [6, 6.07) is 11.2. The van der Waals surface area contributed by atoms with Gasteiger partial charge in [0, 0.05) is 10.9 Å². The number of hydrogen-bond acceptors (Lipinski definition) is 2. The van der Waals surface area contributed by atoms with E-state index in [1.54, 1.807) is 11.3 Å². The maximum atomic E-state index is 6.09. The summed E-state index contributed by atoms with van der Waals surface area (Å²) in [6.07, 6.45) is 2.16. The zero-order valence-corrected chi connectivity index (χ0v) is 13.9. The van der Waals surface area contributed by atoms with E-state index in [9.17, 15) is 0 Å². The Labute approximate surface area is 131 Å². The Morgan fingerprint density at radius 2 is 2.00 bits per heavy atom. The largest absolute Gasteiger partial charge is 0.309 e. The summed E-state index contributed by atoms with van der Waals surface area (Å²) in [7, 11) is 0. The molecule has 0 radical (unpaired) electrons. The molecule has 1 atom stereocenters. The lowest BCUT2D eigenvalue weighted by Crippen LogP contribution is -2.23. The smallest absolute Gasteiger partial charge is 0.0931 e. The van der Waals surface area contributed by atoms with Crippen LogP contribution in [0.3, 0.4) is 0 Å². The lowest BCUT2D eigenvalue weighted by Gasteiger charge is -2.19. The lowest BCUT2D eigenvalue weighted by molar-refractivity contribution is 0.535. The van der Waals surface area contributed by atoms with E-state index in [-0.39, 0.29) is 0 Å². The summed E-state index contributed by atoms with van der Waals surface area (Å²) >= 11 is 7.77. The molecule has 0 aliphatic heterocycles. The van der Waals surface area contributed by atoms with Crippen molar-refractivity contribution in [2.24, 2.45) is 0 Å². The number of aryl methyl sites for hydroxylation is 2. The zero-order chi connectivity index (χ0) is 14.5. The monoisotopic (exact) mass is 307 g/mol. The van der Waals surface area contributed by atoms with E-state index in [4.69, 9.17) is 11.6 Å². The predicted octanol–water partition coefficient (Wildman–Crippen LogP) is 5.30. The highest BCUT2D eigenvalue weighted by atomic mass is 35.5. The highest BCUT2D eigenvalue weighted by molar-refractivity contribution is 7.16. The fraction of sp³-hybridized carbons (Fsp3) is 0.412. The van der Waals surface area contributed by atoms with Crippen molar-refractivity contribution < 1.29 is 0 Å². The van der Waals surface area contributed by atoms with Crippen molar-refractivity contribution in [2.75, 3.05) is 6.54 Å². The normalized spacial score (nSPS) is 12.6. The number of benzene rings is 1. The highest BCUT2D eigenvalue weighted by Gasteiger charge is 2.15. The van der Waals surface area contributed by atoms with Crippen LogP contribution in [0.25, 0.3) is 0 Å². The van der Waals surface area contributed by atoms with Crippen molar-refractivity contribution in [3.8, 4) is 0 Å². The van der Waals surface area contributed by atoms with E-state index in [1.165, 1.54) is 21.6 Å². The van der Waals surface area contributed by atoms with Crippen LogP contribution in [0.1, 0.15) is 41.0 Å². The summed E-state index contributed by atoms with van der Waals surface area (Å²) in [5, 5.41) is 3.65. The van der Waals surface area contributed by atoms with E-state index in [1.807, 2.05) is 6.07 Å². The minimum absolute atomic E-state index is 0.355. The molecule has 108 valence electrons. The predicted molar refractivity (Wildman–Crippen MR) is 90.0 cm³/mol. The molecule has 0 amide bonds. The summed E-state index contributed by atoms with van der Waals surface area (Å²) in [5.74, 6) is 0. The average molecular weight is 308 g/mol. The molecule has 0 bridgehead atoms. The first-order valence-corrected chi connectivity index (χ1v) is 8.34. The molecule has 1 heterocycles. The first-order chi connectivity index (χ1) is 9.60. The van der Waals surface area contributed by atoms with Gasteiger partial charge < -0.3 is 5.32 Å². The van der Waals surface area contributed by atoms with Crippen LogP contribution in [-0.2, 0) is 6.42 Å². The van der Waals surface area contributed by atoms with E-state index in [0.29, 0.717) is 6.04 Å². The first kappa shape index (κ1) is 15.6. The third kappa shape index (κ3) is 4.08. The van der Waals surface area contributed by atoms with E-state index in [2.05, 4.69) is 50.4 Å². The Morgan fingerprint density at radius 1 is 1.20 bits per heavy atom. The summed E-state index contributed by atoms with van der Waals surface area (Å²) in [4.78, 5) is 1.32. The average Bonchev–Trinajstić information content (AvgIpc) is 2.85. The molecule has 1 nitrogen and oxygen atoms in total. The topological polar surface area (TPSA) is 12.0 Å². The standard InChI is InChI=1S/C17H22ClNS/c1-4-9-19-15(16-7-8-17(18)20-16)11-14-10-12(2)5-6-13(14)3/h5-8,10,15,19H,4,9,11H2,1-3H3. The van der Waals surface area contributed by atoms with E-state index in [0.717, 1.165) is 23.7 Å². The summed E-state index contributed by atoms with van der Waals surface area (Å²) < 4.78 is 0.865. The van der Waals surface area contributed by atoms with Gasteiger partial charge >= 0.3 is 0 Å². The molecule has 1 N–H and O–H groups in total. The molecule has 1 aromatic carbocycles. The molecule has 2 rings (SSSR count). The molecule has 0 saturated carbocycles. The van der Waals surface area contributed by atoms with Gasteiger partial charge in [0.15, 0.2) is 0 Å². The second-order valence-electron chi connectivity index (χ2n) is 5.28. The van der Waals surface area contributed by atoms with Crippen molar-refractivity contribution in [1.29, 1.82) is 0 Å². The first-order valence-electron chi connectivity index (χ1n) is 7.15. The number of rotatable bonds is 6. The van der Waals surface area contributed by atoms with Gasteiger partial charge in [-0.25, -0.2) is 0 Å². The third-order valence-corrected chi connectivity index (χ3v) is 4.85. The molecule has 0 fully saturated rings. The number of halogens is 1. The molecule has 0 aliphatic rings. The van der Waals surface area contributed by atoms with Crippen molar-refractivity contribution in [1.82, 2.24) is 5.32 Å². The van der Waals surface area contributed by atoms with Gasteiger partial charge in [-0.1, -0.05) is 42.3 Å². The van der Waals surface area contributed by atoms with Crippen LogP contribution >= 0.6 is 22.9 Å². The molecule has 3 heteroatoms. The van der Waals surface area contributed by atoms with Crippen LogP contribution in [0.4, 0.5) is 0 Å². The van der Waals surface area contributed by atoms with Gasteiger partial charge in [-0.15, -0.1) is 11.3 Å². The maximum Gasteiger partial charge on any atom is 0.0931 e. The fourth-order valence-corrected chi connectivity index (χ4v) is 3.48. The second kappa shape index (κ2) is 7.26. The fourth-order valence-electron chi connectivity index (χ4n) is 2.35. The minimum atomic E-state index is 0.355. The Kier molecular flexibility index (Phi) is 5.64. The van der Waals surface area contributed by atoms with Crippen LogP contribution in [0.5, 0.6) is 0 Å². The lowest BCUT2D eigenvalue weighted by atomic mass is 9.98. The quantitative estimate of drug-likeness (QED) is 0.763. The molecule has 0 aliphatic carbocycles. The van der Waals surface area contributed by atoms with Crippen LogP contribution in [0.15, 0.2) is 30.3 Å². The van der Waals surface area contributed by atoms with Gasteiger partial charge in [0.1, 0.15) is 0 Å². The molecule has 2 aromatic rings. The van der Waals surface area contributed by atoms with E-state index >= 15 is 0 Å². The SMILES string of the molecule is CCCNC(Cc1cc(C)ccc1C)c1ccc(Cl)s1. The number of hydrogen-bond donors (Lipinski definition) is 1.